The van der Waals surface area contributed by atoms with Gasteiger partial charge in [0.25, 0.3) is 0 Å². The number of hydrogen-bond acceptors (Lipinski definition) is 5. The molecule has 0 aliphatic heterocycles. The lowest BCUT2D eigenvalue weighted by atomic mass is 10.1. The van der Waals surface area contributed by atoms with Gasteiger partial charge in [0.15, 0.2) is 0 Å². The molecule has 0 bridgehead atoms. The average Bonchev–Trinajstić information content (AvgIpc) is 2.63. The van der Waals surface area contributed by atoms with Gasteiger partial charge in [0.05, 0.1) is 11.3 Å². The van der Waals surface area contributed by atoms with E-state index >= 15 is 0 Å². The molecule has 0 aliphatic rings. The Morgan fingerprint density at radius 2 is 1.75 bits per heavy atom. The van der Waals surface area contributed by atoms with E-state index < -0.39 is 5.97 Å². The average molecular weight is 326 g/mol. The number of hydrogen-bond donors (Lipinski definition) is 2. The maximum absolute atomic E-state index is 12.3. The zero-order valence-electron chi connectivity index (χ0n) is 13.2. The molecule has 1 amide bonds. The molecule has 0 saturated heterocycles. The summed E-state index contributed by atoms with van der Waals surface area (Å²) in [4.78, 5) is 23.8. The summed E-state index contributed by atoms with van der Waals surface area (Å²) in [6.07, 6.45) is 0.304. The Bertz CT molecular complexity index is 742. The van der Waals surface area contributed by atoms with E-state index in [1.165, 1.54) is 0 Å². The van der Waals surface area contributed by atoms with Crippen LogP contribution in [0.3, 0.4) is 0 Å². The minimum atomic E-state index is -0.612. The molecule has 0 unspecified atom stereocenters. The fourth-order valence-electron chi connectivity index (χ4n) is 2.02. The number of oxime groups is 1. The molecule has 2 N–H and O–H groups in total. The van der Waals surface area contributed by atoms with Crippen molar-refractivity contribution in [3.8, 4) is 0 Å². The third kappa shape index (κ3) is 4.42. The number of ether oxygens (including phenoxy) is 1. The van der Waals surface area contributed by atoms with Gasteiger partial charge in [-0.2, -0.15) is 0 Å². The molecule has 0 radical (unpaired) electrons. The summed E-state index contributed by atoms with van der Waals surface area (Å²) in [5, 5.41) is 14.9. The van der Waals surface area contributed by atoms with Crippen LogP contribution in [0.5, 0.6) is 0 Å². The molecule has 6 heteroatoms. The summed E-state index contributed by atoms with van der Waals surface area (Å²) in [5.41, 5.74) is 1.51. The van der Waals surface area contributed by atoms with Crippen LogP contribution in [-0.4, -0.2) is 29.4 Å². The zero-order chi connectivity index (χ0) is 17.4. The van der Waals surface area contributed by atoms with E-state index in [-0.39, 0.29) is 23.8 Å². The monoisotopic (exact) mass is 326 g/mol. The SMILES string of the molecule is CCC(=O)Nc1ccccc1C(=O)OCC(=NO)c1ccccc1. The normalized spacial score (nSPS) is 11.0. The van der Waals surface area contributed by atoms with Crippen LogP contribution in [0, 0.1) is 0 Å². The lowest BCUT2D eigenvalue weighted by Crippen LogP contribution is -2.18. The van der Waals surface area contributed by atoms with Gasteiger partial charge in [-0.1, -0.05) is 54.5 Å². The number of benzene rings is 2. The Labute approximate surface area is 139 Å². The highest BCUT2D eigenvalue weighted by Gasteiger charge is 2.15. The number of nitrogens with one attached hydrogen (secondary N) is 1. The van der Waals surface area contributed by atoms with Crippen LogP contribution in [0.25, 0.3) is 0 Å². The summed E-state index contributed by atoms with van der Waals surface area (Å²) in [5.74, 6) is -0.809. The Hall–Kier alpha value is -3.15. The number of carbonyl (C=O) groups excluding carboxylic acids is 2. The number of para-hydroxylation sites is 1. The predicted octanol–water partition coefficient (Wildman–Crippen LogP) is 3.07. The number of rotatable bonds is 6. The molecular formula is C18H18N2O4. The van der Waals surface area contributed by atoms with Crippen LogP contribution in [0.4, 0.5) is 5.69 Å². The first-order valence-corrected chi connectivity index (χ1v) is 7.48. The molecule has 0 fully saturated rings. The highest BCUT2D eigenvalue weighted by Crippen LogP contribution is 2.17. The fourth-order valence-corrected chi connectivity index (χ4v) is 2.02. The van der Waals surface area contributed by atoms with E-state index in [2.05, 4.69) is 10.5 Å². The first-order valence-electron chi connectivity index (χ1n) is 7.48. The molecule has 0 atom stereocenters. The van der Waals surface area contributed by atoms with Gasteiger partial charge in [-0.05, 0) is 12.1 Å². The van der Waals surface area contributed by atoms with E-state index in [0.29, 0.717) is 17.7 Å². The van der Waals surface area contributed by atoms with Crippen LogP contribution in [0.15, 0.2) is 59.8 Å². The first kappa shape index (κ1) is 17.2. The fraction of sp³-hybridized carbons (Fsp3) is 0.167. The van der Waals surface area contributed by atoms with Gasteiger partial charge >= 0.3 is 5.97 Å². The third-order valence-electron chi connectivity index (χ3n) is 3.31. The molecule has 6 nitrogen and oxygen atoms in total. The zero-order valence-corrected chi connectivity index (χ0v) is 13.2. The van der Waals surface area contributed by atoms with Gasteiger partial charge < -0.3 is 15.3 Å². The second-order valence-corrected chi connectivity index (χ2v) is 4.94. The van der Waals surface area contributed by atoms with Crippen molar-refractivity contribution in [2.75, 3.05) is 11.9 Å². The van der Waals surface area contributed by atoms with Gasteiger partial charge in [0, 0.05) is 12.0 Å². The highest BCUT2D eigenvalue weighted by atomic mass is 16.5. The summed E-state index contributed by atoms with van der Waals surface area (Å²) in [6.45, 7) is 1.54. The molecule has 2 rings (SSSR count). The van der Waals surface area contributed by atoms with Crippen LogP contribution in [-0.2, 0) is 9.53 Å². The lowest BCUT2D eigenvalue weighted by Gasteiger charge is -2.11. The number of carbonyl (C=O) groups is 2. The Balaban J connectivity index is 2.09. The Morgan fingerprint density at radius 1 is 1.08 bits per heavy atom. The molecule has 24 heavy (non-hydrogen) atoms. The van der Waals surface area contributed by atoms with Crippen LogP contribution in [0.1, 0.15) is 29.3 Å². The van der Waals surface area contributed by atoms with Crippen molar-refractivity contribution < 1.29 is 19.5 Å². The van der Waals surface area contributed by atoms with Crippen molar-refractivity contribution >= 4 is 23.3 Å². The Kier molecular flexibility index (Phi) is 6.08. The molecular weight excluding hydrogens is 308 g/mol. The maximum Gasteiger partial charge on any atom is 0.340 e. The van der Waals surface area contributed by atoms with Gasteiger partial charge in [0.1, 0.15) is 12.3 Å². The van der Waals surface area contributed by atoms with Crippen LogP contribution >= 0.6 is 0 Å². The van der Waals surface area contributed by atoms with E-state index in [1.54, 1.807) is 55.5 Å². The molecule has 2 aromatic carbocycles. The van der Waals surface area contributed by atoms with Crippen LogP contribution < -0.4 is 5.32 Å². The van der Waals surface area contributed by atoms with Crippen molar-refractivity contribution in [1.29, 1.82) is 0 Å². The second kappa shape index (κ2) is 8.47. The molecule has 0 saturated carbocycles. The first-order chi connectivity index (χ1) is 11.7. The number of esters is 1. The standard InChI is InChI=1S/C18H18N2O4/c1-2-17(21)19-15-11-7-6-10-14(15)18(22)24-12-16(20-23)13-8-4-3-5-9-13/h3-11,23H,2,12H2,1H3,(H,19,21). The van der Waals surface area contributed by atoms with Gasteiger partial charge in [0.2, 0.25) is 5.91 Å². The molecule has 2 aromatic rings. The van der Waals surface area contributed by atoms with Gasteiger partial charge in [-0.3, -0.25) is 4.79 Å². The van der Waals surface area contributed by atoms with Gasteiger partial charge in [-0.15, -0.1) is 0 Å². The second-order valence-electron chi connectivity index (χ2n) is 4.94. The maximum atomic E-state index is 12.3. The summed E-state index contributed by atoms with van der Waals surface area (Å²) < 4.78 is 5.21. The van der Waals surface area contributed by atoms with Crippen molar-refractivity contribution in [3.63, 3.8) is 0 Å². The van der Waals surface area contributed by atoms with Gasteiger partial charge in [-0.25, -0.2) is 4.79 Å². The topological polar surface area (TPSA) is 88.0 Å². The van der Waals surface area contributed by atoms with Crippen molar-refractivity contribution in [2.24, 2.45) is 5.16 Å². The molecule has 0 aromatic heterocycles. The minimum absolute atomic E-state index is 0.185. The quantitative estimate of drug-likeness (QED) is 0.369. The summed E-state index contributed by atoms with van der Waals surface area (Å²) in [6, 6.07) is 15.5. The predicted molar refractivity (Wildman–Crippen MR) is 90.4 cm³/mol. The van der Waals surface area contributed by atoms with Crippen molar-refractivity contribution in [2.45, 2.75) is 13.3 Å². The number of amides is 1. The molecule has 0 heterocycles. The van der Waals surface area contributed by atoms with Crippen molar-refractivity contribution in [3.05, 3.63) is 65.7 Å². The smallest absolute Gasteiger partial charge is 0.340 e. The number of anilines is 1. The third-order valence-corrected chi connectivity index (χ3v) is 3.31. The molecule has 124 valence electrons. The minimum Gasteiger partial charge on any atom is -0.455 e. The van der Waals surface area contributed by atoms with E-state index in [4.69, 9.17) is 9.94 Å². The summed E-state index contributed by atoms with van der Waals surface area (Å²) in [7, 11) is 0. The summed E-state index contributed by atoms with van der Waals surface area (Å²) >= 11 is 0. The van der Waals surface area contributed by atoms with E-state index in [1.807, 2.05) is 6.07 Å². The lowest BCUT2D eigenvalue weighted by molar-refractivity contribution is -0.115. The van der Waals surface area contributed by atoms with Crippen molar-refractivity contribution in [1.82, 2.24) is 0 Å². The Morgan fingerprint density at radius 3 is 2.42 bits per heavy atom. The molecule has 0 spiro atoms. The largest absolute Gasteiger partial charge is 0.455 e. The molecule has 0 aliphatic carbocycles. The van der Waals surface area contributed by atoms with Crippen LogP contribution in [0.2, 0.25) is 0 Å². The highest BCUT2D eigenvalue weighted by molar-refractivity contribution is 6.04. The van der Waals surface area contributed by atoms with E-state index in [9.17, 15) is 9.59 Å². The van der Waals surface area contributed by atoms with E-state index in [0.717, 1.165) is 0 Å². The number of nitrogens with zero attached hydrogens (tertiary/aromatic N) is 1.